The summed E-state index contributed by atoms with van der Waals surface area (Å²) in [6, 6.07) is 8.26. The predicted octanol–water partition coefficient (Wildman–Crippen LogP) is 2.49. The van der Waals surface area contributed by atoms with Crippen molar-refractivity contribution >= 4 is 17.6 Å². The highest BCUT2D eigenvalue weighted by atomic mass is 35.5. The SMILES string of the molecule is C[C@H](c1ccccc1Cl)N1CCN(CCC(=O)O)CC1. The van der Waals surface area contributed by atoms with E-state index in [0.717, 1.165) is 36.8 Å². The quantitative estimate of drug-likeness (QED) is 0.907. The molecule has 1 aromatic rings. The monoisotopic (exact) mass is 296 g/mol. The fourth-order valence-electron chi connectivity index (χ4n) is 2.64. The number of aliphatic carboxylic acids is 1. The predicted molar refractivity (Wildman–Crippen MR) is 80.1 cm³/mol. The zero-order valence-electron chi connectivity index (χ0n) is 11.8. The molecule has 1 aromatic carbocycles. The van der Waals surface area contributed by atoms with Crippen LogP contribution in [0, 0.1) is 0 Å². The molecule has 0 aromatic heterocycles. The lowest BCUT2D eigenvalue weighted by molar-refractivity contribution is -0.137. The Bertz CT molecular complexity index is 459. The van der Waals surface area contributed by atoms with E-state index in [1.54, 1.807) is 0 Å². The molecule has 0 unspecified atom stereocenters. The van der Waals surface area contributed by atoms with E-state index in [4.69, 9.17) is 16.7 Å². The molecule has 0 bridgehead atoms. The number of nitrogens with zero attached hydrogens (tertiary/aromatic N) is 2. The van der Waals surface area contributed by atoms with Crippen LogP contribution < -0.4 is 0 Å². The highest BCUT2D eigenvalue weighted by Crippen LogP contribution is 2.27. The number of carbonyl (C=O) groups is 1. The van der Waals surface area contributed by atoms with Crippen LogP contribution in [0.3, 0.4) is 0 Å². The highest BCUT2D eigenvalue weighted by Gasteiger charge is 2.23. The summed E-state index contributed by atoms with van der Waals surface area (Å²) in [6.07, 6.45) is 0.222. The number of carboxylic acid groups (broad SMARTS) is 1. The first-order chi connectivity index (χ1) is 9.58. The van der Waals surface area contributed by atoms with Crippen LogP contribution in [0.15, 0.2) is 24.3 Å². The molecule has 1 aliphatic heterocycles. The number of benzene rings is 1. The minimum absolute atomic E-state index is 0.222. The van der Waals surface area contributed by atoms with Crippen molar-refractivity contribution in [2.24, 2.45) is 0 Å². The van der Waals surface area contributed by atoms with Crippen LogP contribution in [0.2, 0.25) is 5.02 Å². The molecule has 0 spiro atoms. The molecule has 4 nitrogen and oxygen atoms in total. The van der Waals surface area contributed by atoms with Gasteiger partial charge in [0.05, 0.1) is 6.42 Å². The van der Waals surface area contributed by atoms with Crippen molar-refractivity contribution in [1.82, 2.24) is 9.80 Å². The fourth-order valence-corrected chi connectivity index (χ4v) is 2.93. The maximum Gasteiger partial charge on any atom is 0.304 e. The first kappa shape index (κ1) is 15.3. The largest absolute Gasteiger partial charge is 0.481 e. The van der Waals surface area contributed by atoms with Crippen LogP contribution in [0.1, 0.15) is 24.9 Å². The van der Waals surface area contributed by atoms with E-state index in [1.165, 1.54) is 0 Å². The van der Waals surface area contributed by atoms with Gasteiger partial charge in [-0.05, 0) is 18.6 Å². The van der Waals surface area contributed by atoms with Gasteiger partial charge in [-0.3, -0.25) is 9.69 Å². The maximum absolute atomic E-state index is 10.6. The van der Waals surface area contributed by atoms with Crippen LogP contribution >= 0.6 is 11.6 Å². The molecule has 1 atom stereocenters. The van der Waals surface area contributed by atoms with E-state index >= 15 is 0 Å². The fraction of sp³-hybridized carbons (Fsp3) is 0.533. The Kier molecular flexibility index (Phi) is 5.40. The Balaban J connectivity index is 1.87. The first-order valence-corrected chi connectivity index (χ1v) is 7.38. The van der Waals surface area contributed by atoms with Gasteiger partial charge in [-0.25, -0.2) is 0 Å². The second-order valence-corrected chi connectivity index (χ2v) is 5.63. The van der Waals surface area contributed by atoms with Crippen molar-refractivity contribution < 1.29 is 9.90 Å². The van der Waals surface area contributed by atoms with Crippen molar-refractivity contribution in [3.8, 4) is 0 Å². The number of hydrogen-bond donors (Lipinski definition) is 1. The number of halogens is 1. The second kappa shape index (κ2) is 7.07. The van der Waals surface area contributed by atoms with E-state index in [2.05, 4.69) is 22.8 Å². The molecule has 2 rings (SSSR count). The zero-order chi connectivity index (χ0) is 14.5. The Morgan fingerprint density at radius 2 is 1.95 bits per heavy atom. The lowest BCUT2D eigenvalue weighted by atomic mass is 10.1. The molecule has 1 N–H and O–H groups in total. The molecule has 0 radical (unpaired) electrons. The molecule has 1 saturated heterocycles. The van der Waals surface area contributed by atoms with Crippen molar-refractivity contribution in [1.29, 1.82) is 0 Å². The number of carboxylic acids is 1. The van der Waals surface area contributed by atoms with E-state index in [-0.39, 0.29) is 6.42 Å². The standard InChI is InChI=1S/C15H21ClN2O2/c1-12(13-4-2-3-5-14(13)16)18-10-8-17(9-11-18)7-6-15(19)20/h2-5,12H,6-11H2,1H3,(H,19,20)/t12-/m1/s1. The topological polar surface area (TPSA) is 43.8 Å². The summed E-state index contributed by atoms with van der Waals surface area (Å²) < 4.78 is 0. The van der Waals surface area contributed by atoms with Gasteiger partial charge in [0, 0.05) is 43.8 Å². The van der Waals surface area contributed by atoms with Crippen LogP contribution in [0.25, 0.3) is 0 Å². The van der Waals surface area contributed by atoms with Gasteiger partial charge in [-0.2, -0.15) is 0 Å². The summed E-state index contributed by atoms with van der Waals surface area (Å²) in [7, 11) is 0. The second-order valence-electron chi connectivity index (χ2n) is 5.22. The third-order valence-electron chi connectivity index (χ3n) is 3.95. The smallest absolute Gasteiger partial charge is 0.304 e. The average Bonchev–Trinajstić information content (AvgIpc) is 2.45. The summed E-state index contributed by atoms with van der Waals surface area (Å²) in [4.78, 5) is 15.2. The zero-order valence-corrected chi connectivity index (χ0v) is 12.5. The van der Waals surface area contributed by atoms with E-state index in [0.29, 0.717) is 12.6 Å². The Morgan fingerprint density at radius 3 is 2.55 bits per heavy atom. The van der Waals surface area contributed by atoms with E-state index in [9.17, 15) is 4.79 Å². The molecule has 20 heavy (non-hydrogen) atoms. The third kappa shape index (κ3) is 3.95. The van der Waals surface area contributed by atoms with Crippen molar-refractivity contribution in [3.05, 3.63) is 34.9 Å². The molecule has 1 fully saturated rings. The molecular formula is C15H21ClN2O2. The molecule has 110 valence electrons. The summed E-state index contributed by atoms with van der Waals surface area (Å²) in [5, 5.41) is 9.53. The summed E-state index contributed by atoms with van der Waals surface area (Å²) in [6.45, 7) is 6.56. The number of piperazine rings is 1. The van der Waals surface area contributed by atoms with Gasteiger partial charge in [0.2, 0.25) is 0 Å². The van der Waals surface area contributed by atoms with Crippen LogP contribution in [-0.2, 0) is 4.79 Å². The molecule has 1 heterocycles. The van der Waals surface area contributed by atoms with Gasteiger partial charge in [-0.1, -0.05) is 29.8 Å². The van der Waals surface area contributed by atoms with Gasteiger partial charge in [0.25, 0.3) is 0 Å². The normalized spacial score (nSPS) is 18.9. The van der Waals surface area contributed by atoms with Crippen LogP contribution in [-0.4, -0.2) is 53.6 Å². The van der Waals surface area contributed by atoms with Gasteiger partial charge in [0.1, 0.15) is 0 Å². The van der Waals surface area contributed by atoms with Crippen LogP contribution in [0.5, 0.6) is 0 Å². The molecule has 0 saturated carbocycles. The van der Waals surface area contributed by atoms with E-state index < -0.39 is 5.97 Å². The Labute approximate surface area is 124 Å². The molecule has 5 heteroatoms. The van der Waals surface area contributed by atoms with Crippen molar-refractivity contribution in [3.63, 3.8) is 0 Å². The van der Waals surface area contributed by atoms with E-state index in [1.807, 2.05) is 18.2 Å². The van der Waals surface area contributed by atoms with Crippen molar-refractivity contribution in [2.45, 2.75) is 19.4 Å². The minimum Gasteiger partial charge on any atom is -0.481 e. The Morgan fingerprint density at radius 1 is 1.30 bits per heavy atom. The van der Waals surface area contributed by atoms with Gasteiger partial charge >= 0.3 is 5.97 Å². The van der Waals surface area contributed by atoms with Gasteiger partial charge < -0.3 is 10.0 Å². The molecule has 0 amide bonds. The number of hydrogen-bond acceptors (Lipinski definition) is 3. The van der Waals surface area contributed by atoms with Gasteiger partial charge in [0.15, 0.2) is 0 Å². The maximum atomic E-state index is 10.6. The average molecular weight is 297 g/mol. The highest BCUT2D eigenvalue weighted by molar-refractivity contribution is 6.31. The third-order valence-corrected chi connectivity index (χ3v) is 4.30. The minimum atomic E-state index is -0.725. The molecule has 0 aliphatic carbocycles. The van der Waals surface area contributed by atoms with Crippen LogP contribution in [0.4, 0.5) is 0 Å². The Hall–Kier alpha value is -1.10. The first-order valence-electron chi connectivity index (χ1n) is 7.00. The molecule has 1 aliphatic rings. The van der Waals surface area contributed by atoms with Gasteiger partial charge in [-0.15, -0.1) is 0 Å². The summed E-state index contributed by atoms with van der Waals surface area (Å²) in [5.41, 5.74) is 1.16. The number of rotatable bonds is 5. The van der Waals surface area contributed by atoms with Crippen molar-refractivity contribution in [2.75, 3.05) is 32.7 Å². The molecular weight excluding hydrogens is 276 g/mol. The lowest BCUT2D eigenvalue weighted by Crippen LogP contribution is -2.47. The summed E-state index contributed by atoms with van der Waals surface area (Å²) >= 11 is 6.25. The lowest BCUT2D eigenvalue weighted by Gasteiger charge is -2.38. The summed E-state index contributed by atoms with van der Waals surface area (Å²) in [5.74, 6) is -0.725.